The average molecular weight is 384 g/mol. The number of rotatable bonds is 6. The van der Waals surface area contributed by atoms with Crippen molar-refractivity contribution in [1.29, 1.82) is 0 Å². The van der Waals surface area contributed by atoms with Gasteiger partial charge >= 0.3 is 0 Å². The van der Waals surface area contributed by atoms with Crippen LogP contribution in [0.15, 0.2) is 95.8 Å². The summed E-state index contributed by atoms with van der Waals surface area (Å²) in [4.78, 5) is 30.0. The summed E-state index contributed by atoms with van der Waals surface area (Å²) in [6.07, 6.45) is 0. The first-order chi connectivity index (χ1) is 14.2. The molecule has 0 fully saturated rings. The lowest BCUT2D eigenvalue weighted by Crippen LogP contribution is -2.36. The third kappa shape index (κ3) is 4.35. The van der Waals surface area contributed by atoms with E-state index in [-0.39, 0.29) is 24.6 Å². The molecule has 3 aromatic carbocycles. The first kappa shape index (κ1) is 18.5. The Morgan fingerprint density at radius 2 is 1.52 bits per heavy atom. The van der Waals surface area contributed by atoms with Crippen LogP contribution in [0.2, 0.25) is 0 Å². The van der Waals surface area contributed by atoms with Crippen LogP contribution in [0, 0.1) is 0 Å². The normalized spacial score (nSPS) is 10.6. The van der Waals surface area contributed by atoms with E-state index in [1.165, 1.54) is 0 Å². The quantitative estimate of drug-likeness (QED) is 0.543. The minimum Gasteiger partial charge on any atom is -0.484 e. The van der Waals surface area contributed by atoms with Crippen LogP contribution in [0.3, 0.4) is 0 Å². The monoisotopic (exact) mass is 384 g/mol. The number of fused-ring (bicyclic) bond motifs is 1. The SMILES string of the molecule is O=C(COc1ccccc1)N(Cc1cc2ccccc2[nH]c1=O)c1ccccc1. The summed E-state index contributed by atoms with van der Waals surface area (Å²) in [6, 6.07) is 27.9. The van der Waals surface area contributed by atoms with E-state index in [0.717, 1.165) is 10.9 Å². The zero-order chi connectivity index (χ0) is 20.1. The Hall–Kier alpha value is -3.86. The van der Waals surface area contributed by atoms with E-state index >= 15 is 0 Å². The number of para-hydroxylation sites is 3. The third-order valence-corrected chi connectivity index (χ3v) is 4.63. The van der Waals surface area contributed by atoms with Gasteiger partial charge in [-0.3, -0.25) is 9.59 Å². The highest BCUT2D eigenvalue weighted by Crippen LogP contribution is 2.18. The molecule has 0 bridgehead atoms. The van der Waals surface area contributed by atoms with Crippen molar-refractivity contribution < 1.29 is 9.53 Å². The summed E-state index contributed by atoms with van der Waals surface area (Å²) in [6.45, 7) is 0.0333. The number of carbonyl (C=O) groups excluding carboxylic acids is 1. The molecule has 144 valence electrons. The van der Waals surface area contributed by atoms with E-state index in [1.807, 2.05) is 78.9 Å². The molecule has 1 aromatic heterocycles. The lowest BCUT2D eigenvalue weighted by Gasteiger charge is -2.23. The van der Waals surface area contributed by atoms with Gasteiger partial charge in [0.15, 0.2) is 6.61 Å². The van der Waals surface area contributed by atoms with Gasteiger partial charge in [0.25, 0.3) is 11.5 Å². The fraction of sp³-hybridized carbons (Fsp3) is 0.0833. The minimum atomic E-state index is -0.229. The molecule has 0 radical (unpaired) electrons. The lowest BCUT2D eigenvalue weighted by atomic mass is 10.1. The van der Waals surface area contributed by atoms with Gasteiger partial charge in [0.05, 0.1) is 6.54 Å². The summed E-state index contributed by atoms with van der Waals surface area (Å²) in [5, 5.41) is 0.920. The Labute approximate surface area is 168 Å². The van der Waals surface area contributed by atoms with Crippen molar-refractivity contribution in [3.05, 3.63) is 107 Å². The summed E-state index contributed by atoms with van der Waals surface area (Å²) in [7, 11) is 0. The Balaban J connectivity index is 1.62. The number of aromatic amines is 1. The molecule has 5 heteroatoms. The van der Waals surface area contributed by atoms with Gasteiger partial charge in [-0.05, 0) is 41.8 Å². The molecular weight excluding hydrogens is 364 g/mol. The number of anilines is 1. The van der Waals surface area contributed by atoms with E-state index < -0.39 is 0 Å². The van der Waals surface area contributed by atoms with Crippen molar-refractivity contribution in [2.24, 2.45) is 0 Å². The number of aromatic nitrogens is 1. The number of hydrogen-bond donors (Lipinski definition) is 1. The van der Waals surface area contributed by atoms with Gasteiger partial charge in [-0.15, -0.1) is 0 Å². The number of nitrogens with one attached hydrogen (secondary N) is 1. The molecule has 1 N–H and O–H groups in total. The standard InChI is InChI=1S/C24H20N2O3/c27-23(17-29-21-12-5-2-6-13-21)26(20-10-3-1-4-11-20)16-19-15-18-9-7-8-14-22(18)25-24(19)28/h1-15H,16-17H2,(H,25,28). The molecule has 4 aromatic rings. The predicted molar refractivity (Wildman–Crippen MR) is 114 cm³/mol. The summed E-state index contributed by atoms with van der Waals surface area (Å²) in [5.41, 5.74) is 1.79. The molecular formula is C24H20N2O3. The number of nitrogens with zero attached hydrogens (tertiary/aromatic N) is 1. The summed E-state index contributed by atoms with van der Waals surface area (Å²) >= 11 is 0. The molecule has 1 heterocycles. The van der Waals surface area contributed by atoms with Gasteiger partial charge in [-0.2, -0.15) is 0 Å². The van der Waals surface area contributed by atoms with Gasteiger partial charge < -0.3 is 14.6 Å². The molecule has 1 amide bonds. The maximum Gasteiger partial charge on any atom is 0.265 e. The van der Waals surface area contributed by atoms with E-state index in [9.17, 15) is 9.59 Å². The van der Waals surface area contributed by atoms with Crippen LogP contribution in [-0.2, 0) is 11.3 Å². The molecule has 0 spiro atoms. The van der Waals surface area contributed by atoms with Crippen LogP contribution < -0.4 is 15.2 Å². The largest absolute Gasteiger partial charge is 0.484 e. The molecule has 0 unspecified atom stereocenters. The third-order valence-electron chi connectivity index (χ3n) is 4.63. The molecule has 0 saturated carbocycles. The Morgan fingerprint density at radius 1 is 0.862 bits per heavy atom. The number of pyridine rings is 1. The van der Waals surface area contributed by atoms with Crippen molar-refractivity contribution in [2.45, 2.75) is 6.54 Å². The van der Waals surface area contributed by atoms with Crippen LogP contribution >= 0.6 is 0 Å². The highest BCUT2D eigenvalue weighted by atomic mass is 16.5. The molecule has 29 heavy (non-hydrogen) atoms. The summed E-state index contributed by atoms with van der Waals surface area (Å²) < 4.78 is 5.63. The molecule has 0 aliphatic carbocycles. The van der Waals surface area contributed by atoms with Gasteiger partial charge in [0.2, 0.25) is 0 Å². The van der Waals surface area contributed by atoms with Gasteiger partial charge in [0, 0.05) is 16.8 Å². The van der Waals surface area contributed by atoms with Crippen molar-refractivity contribution >= 4 is 22.5 Å². The first-order valence-corrected chi connectivity index (χ1v) is 9.35. The molecule has 5 nitrogen and oxygen atoms in total. The fourth-order valence-electron chi connectivity index (χ4n) is 3.15. The average Bonchev–Trinajstić information content (AvgIpc) is 2.77. The Morgan fingerprint density at radius 3 is 2.28 bits per heavy atom. The Bertz CT molecular complexity index is 1170. The second kappa shape index (κ2) is 8.44. The van der Waals surface area contributed by atoms with E-state index in [1.54, 1.807) is 17.0 Å². The molecule has 0 aliphatic rings. The van der Waals surface area contributed by atoms with Crippen molar-refractivity contribution in [3.8, 4) is 5.75 Å². The van der Waals surface area contributed by atoms with Gasteiger partial charge in [-0.25, -0.2) is 0 Å². The highest BCUT2D eigenvalue weighted by molar-refractivity contribution is 5.94. The second-order valence-electron chi connectivity index (χ2n) is 6.63. The highest BCUT2D eigenvalue weighted by Gasteiger charge is 2.18. The maximum atomic E-state index is 13.0. The number of ether oxygens (including phenoxy) is 1. The van der Waals surface area contributed by atoms with Crippen molar-refractivity contribution in [2.75, 3.05) is 11.5 Å². The minimum absolute atomic E-state index is 0.121. The zero-order valence-electron chi connectivity index (χ0n) is 15.7. The molecule has 0 saturated heterocycles. The topological polar surface area (TPSA) is 62.4 Å². The molecule has 4 rings (SSSR count). The van der Waals surface area contributed by atoms with Crippen molar-refractivity contribution in [1.82, 2.24) is 4.98 Å². The van der Waals surface area contributed by atoms with Crippen LogP contribution in [0.1, 0.15) is 5.56 Å². The number of carbonyl (C=O) groups is 1. The van der Waals surface area contributed by atoms with Crippen LogP contribution in [0.5, 0.6) is 5.75 Å². The zero-order valence-corrected chi connectivity index (χ0v) is 15.7. The van der Waals surface area contributed by atoms with Crippen LogP contribution in [0.25, 0.3) is 10.9 Å². The van der Waals surface area contributed by atoms with Crippen LogP contribution in [0.4, 0.5) is 5.69 Å². The maximum absolute atomic E-state index is 13.0. The number of benzene rings is 3. The fourth-order valence-corrected chi connectivity index (χ4v) is 3.15. The predicted octanol–water partition coefficient (Wildman–Crippen LogP) is 4.14. The smallest absolute Gasteiger partial charge is 0.265 e. The van der Waals surface area contributed by atoms with Crippen molar-refractivity contribution in [3.63, 3.8) is 0 Å². The lowest BCUT2D eigenvalue weighted by molar-refractivity contribution is -0.120. The summed E-state index contributed by atoms with van der Waals surface area (Å²) in [5.74, 6) is 0.394. The number of amides is 1. The van der Waals surface area contributed by atoms with Gasteiger partial charge in [-0.1, -0.05) is 54.6 Å². The van der Waals surface area contributed by atoms with E-state index in [0.29, 0.717) is 17.0 Å². The second-order valence-corrected chi connectivity index (χ2v) is 6.63. The number of hydrogen-bond acceptors (Lipinski definition) is 3. The molecule has 0 atom stereocenters. The van der Waals surface area contributed by atoms with E-state index in [4.69, 9.17) is 4.74 Å². The van der Waals surface area contributed by atoms with Gasteiger partial charge in [0.1, 0.15) is 5.75 Å². The molecule has 0 aliphatic heterocycles. The van der Waals surface area contributed by atoms with E-state index in [2.05, 4.69) is 4.98 Å². The number of H-pyrrole nitrogens is 1. The first-order valence-electron chi connectivity index (χ1n) is 9.35. The Kier molecular flexibility index (Phi) is 5.38. The van der Waals surface area contributed by atoms with Crippen LogP contribution in [-0.4, -0.2) is 17.5 Å².